The van der Waals surface area contributed by atoms with E-state index in [1.165, 1.54) is 11.3 Å². The van der Waals surface area contributed by atoms with E-state index in [1.807, 2.05) is 0 Å². The van der Waals surface area contributed by atoms with Crippen molar-refractivity contribution in [2.24, 2.45) is 0 Å². The summed E-state index contributed by atoms with van der Waals surface area (Å²) >= 11 is 18.9. The predicted octanol–water partition coefficient (Wildman–Crippen LogP) is 5.02. The molecule has 0 aliphatic heterocycles. The van der Waals surface area contributed by atoms with Crippen LogP contribution >= 0.6 is 46.1 Å². The molecular weight excluding hydrogens is 329 g/mol. The van der Waals surface area contributed by atoms with Gasteiger partial charge >= 0.3 is 5.97 Å². The minimum absolute atomic E-state index is 0.309. The molecule has 2 aromatic rings. The fourth-order valence-electron chi connectivity index (χ4n) is 1.51. The second kappa shape index (κ2) is 6.01. The summed E-state index contributed by atoms with van der Waals surface area (Å²) in [4.78, 5) is 11.3. The number of rotatable bonds is 4. The first kappa shape index (κ1) is 14.5. The molecule has 0 unspecified atom stereocenters. The predicted molar refractivity (Wildman–Crippen MR) is 80.1 cm³/mol. The number of carbonyl (C=O) groups is 1. The molecule has 1 aromatic heterocycles. The Balaban J connectivity index is 2.17. The quantitative estimate of drug-likeness (QED) is 0.771. The van der Waals surface area contributed by atoms with Gasteiger partial charge in [0.2, 0.25) is 0 Å². The van der Waals surface area contributed by atoms with E-state index < -0.39 is 5.97 Å². The summed E-state index contributed by atoms with van der Waals surface area (Å²) < 4.78 is 0. The van der Waals surface area contributed by atoms with Crippen LogP contribution < -0.4 is 5.32 Å². The summed E-state index contributed by atoms with van der Waals surface area (Å²) in [5.74, 6) is -0.938. The Morgan fingerprint density at radius 3 is 2.58 bits per heavy atom. The zero-order chi connectivity index (χ0) is 14.0. The lowest BCUT2D eigenvalue weighted by Crippen LogP contribution is -2.04. The third-order valence-corrected chi connectivity index (χ3v) is 4.40. The number of hydrogen-bond acceptors (Lipinski definition) is 3. The standard InChI is InChI=1S/C12H8Cl3NO2S/c13-7-3-9(15)10(4-8(7)14)16-5-6-1-2-19-11(6)12(17)18/h1-4,16H,5H2,(H,17,18). The first-order valence-corrected chi connectivity index (χ1v) is 7.18. The van der Waals surface area contributed by atoms with Gasteiger partial charge in [-0.3, -0.25) is 0 Å². The molecule has 0 atom stereocenters. The Labute approximate surface area is 128 Å². The van der Waals surface area contributed by atoms with Crippen molar-refractivity contribution < 1.29 is 9.90 Å². The van der Waals surface area contributed by atoms with Gasteiger partial charge in [-0.05, 0) is 29.1 Å². The molecule has 0 bridgehead atoms. The van der Waals surface area contributed by atoms with Gasteiger partial charge in [0.15, 0.2) is 0 Å². The third-order valence-electron chi connectivity index (χ3n) is 2.42. The summed E-state index contributed by atoms with van der Waals surface area (Å²) in [6.45, 7) is 0.350. The van der Waals surface area contributed by atoms with Crippen LogP contribution in [0.3, 0.4) is 0 Å². The highest BCUT2D eigenvalue weighted by molar-refractivity contribution is 7.12. The van der Waals surface area contributed by atoms with Crippen LogP contribution in [0.1, 0.15) is 15.2 Å². The van der Waals surface area contributed by atoms with Crippen LogP contribution in [0.2, 0.25) is 15.1 Å². The van der Waals surface area contributed by atoms with Gasteiger partial charge in [-0.25, -0.2) is 4.79 Å². The second-order valence-electron chi connectivity index (χ2n) is 3.68. The minimum Gasteiger partial charge on any atom is -0.477 e. The van der Waals surface area contributed by atoms with Crippen LogP contribution in [0, 0.1) is 0 Å². The maximum atomic E-state index is 11.0. The van der Waals surface area contributed by atoms with Gasteiger partial charge < -0.3 is 10.4 Å². The monoisotopic (exact) mass is 335 g/mol. The SMILES string of the molecule is O=C(O)c1sccc1CNc1cc(Cl)c(Cl)cc1Cl. The number of hydrogen-bond donors (Lipinski definition) is 2. The van der Waals surface area contributed by atoms with Crippen molar-refractivity contribution in [3.8, 4) is 0 Å². The smallest absolute Gasteiger partial charge is 0.346 e. The van der Waals surface area contributed by atoms with Crippen LogP contribution in [-0.2, 0) is 6.54 Å². The zero-order valence-electron chi connectivity index (χ0n) is 9.41. The summed E-state index contributed by atoms with van der Waals surface area (Å²) in [6, 6.07) is 4.91. The number of benzene rings is 1. The molecule has 0 saturated heterocycles. The number of carboxylic acid groups (broad SMARTS) is 1. The molecule has 0 fully saturated rings. The largest absolute Gasteiger partial charge is 0.477 e. The lowest BCUT2D eigenvalue weighted by molar-refractivity contribution is 0.0701. The summed E-state index contributed by atoms with van der Waals surface area (Å²) in [7, 11) is 0. The Morgan fingerprint density at radius 1 is 1.21 bits per heavy atom. The van der Waals surface area contributed by atoms with Gasteiger partial charge in [-0.1, -0.05) is 34.8 Å². The fraction of sp³-hybridized carbons (Fsp3) is 0.0833. The van der Waals surface area contributed by atoms with Crippen molar-refractivity contribution in [3.63, 3.8) is 0 Å². The average Bonchev–Trinajstić information content (AvgIpc) is 2.80. The molecule has 3 nitrogen and oxygen atoms in total. The number of carboxylic acids is 1. The Morgan fingerprint density at radius 2 is 1.89 bits per heavy atom. The first-order valence-electron chi connectivity index (χ1n) is 5.17. The molecule has 0 aliphatic rings. The summed E-state index contributed by atoms with van der Waals surface area (Å²) in [5, 5.41) is 15.0. The van der Waals surface area contributed by atoms with Gasteiger partial charge in [0.1, 0.15) is 4.88 Å². The van der Waals surface area contributed by atoms with Crippen molar-refractivity contribution in [3.05, 3.63) is 49.1 Å². The van der Waals surface area contributed by atoms with Gasteiger partial charge in [-0.15, -0.1) is 11.3 Å². The van der Waals surface area contributed by atoms with E-state index in [1.54, 1.807) is 23.6 Å². The zero-order valence-corrected chi connectivity index (χ0v) is 12.5. The Kier molecular flexibility index (Phi) is 4.58. The lowest BCUT2D eigenvalue weighted by atomic mass is 10.2. The molecule has 100 valence electrons. The van der Waals surface area contributed by atoms with Crippen LogP contribution in [0.25, 0.3) is 0 Å². The number of halogens is 3. The molecule has 0 amide bonds. The van der Waals surface area contributed by atoms with Crippen LogP contribution in [-0.4, -0.2) is 11.1 Å². The Bertz CT molecular complexity index is 627. The average molecular weight is 337 g/mol. The maximum absolute atomic E-state index is 11.0. The second-order valence-corrected chi connectivity index (χ2v) is 5.82. The van der Waals surface area contributed by atoms with Crippen LogP contribution in [0.15, 0.2) is 23.6 Å². The van der Waals surface area contributed by atoms with Crippen molar-refractivity contribution in [2.45, 2.75) is 6.54 Å². The number of anilines is 1. The fourth-order valence-corrected chi connectivity index (χ4v) is 2.89. The van der Waals surface area contributed by atoms with E-state index in [-0.39, 0.29) is 0 Å². The Hall–Kier alpha value is -0.940. The molecule has 7 heteroatoms. The van der Waals surface area contributed by atoms with E-state index in [9.17, 15) is 4.79 Å². The van der Waals surface area contributed by atoms with Crippen LogP contribution in [0.5, 0.6) is 0 Å². The van der Waals surface area contributed by atoms with E-state index in [2.05, 4.69) is 5.32 Å². The van der Waals surface area contributed by atoms with Gasteiger partial charge in [-0.2, -0.15) is 0 Å². The molecular formula is C12H8Cl3NO2S. The van der Waals surface area contributed by atoms with E-state index in [4.69, 9.17) is 39.9 Å². The minimum atomic E-state index is -0.938. The molecule has 1 heterocycles. The van der Waals surface area contributed by atoms with Crippen molar-refractivity contribution in [1.29, 1.82) is 0 Å². The highest BCUT2D eigenvalue weighted by Crippen LogP contribution is 2.32. The summed E-state index contributed by atoms with van der Waals surface area (Å²) in [5.41, 5.74) is 1.30. The molecule has 0 spiro atoms. The molecule has 2 rings (SSSR count). The lowest BCUT2D eigenvalue weighted by Gasteiger charge is -2.09. The van der Waals surface area contributed by atoms with E-state index in [0.29, 0.717) is 37.7 Å². The van der Waals surface area contributed by atoms with Crippen molar-refractivity contribution in [1.82, 2.24) is 0 Å². The number of thiophene rings is 1. The van der Waals surface area contributed by atoms with Crippen LogP contribution in [0.4, 0.5) is 5.69 Å². The van der Waals surface area contributed by atoms with Crippen molar-refractivity contribution in [2.75, 3.05) is 5.32 Å². The molecule has 19 heavy (non-hydrogen) atoms. The van der Waals surface area contributed by atoms with Gasteiger partial charge in [0.05, 0.1) is 20.8 Å². The molecule has 0 saturated carbocycles. The third kappa shape index (κ3) is 3.34. The summed E-state index contributed by atoms with van der Waals surface area (Å²) in [6.07, 6.45) is 0. The molecule has 2 N–H and O–H groups in total. The first-order chi connectivity index (χ1) is 8.99. The topological polar surface area (TPSA) is 49.3 Å². The molecule has 1 aromatic carbocycles. The normalized spacial score (nSPS) is 10.5. The molecule has 0 aliphatic carbocycles. The maximum Gasteiger partial charge on any atom is 0.346 e. The van der Waals surface area contributed by atoms with Crippen molar-refractivity contribution >= 4 is 57.8 Å². The van der Waals surface area contributed by atoms with Gasteiger partial charge in [0.25, 0.3) is 0 Å². The number of nitrogens with one attached hydrogen (secondary N) is 1. The highest BCUT2D eigenvalue weighted by Gasteiger charge is 2.12. The van der Waals surface area contributed by atoms with E-state index >= 15 is 0 Å². The van der Waals surface area contributed by atoms with Gasteiger partial charge in [0, 0.05) is 6.54 Å². The van der Waals surface area contributed by atoms with E-state index in [0.717, 1.165) is 0 Å². The highest BCUT2D eigenvalue weighted by atomic mass is 35.5. The molecule has 0 radical (unpaired) electrons. The number of aromatic carboxylic acids is 1.